The van der Waals surface area contributed by atoms with Crippen molar-refractivity contribution in [3.8, 4) is 0 Å². The molecule has 0 unspecified atom stereocenters. The second kappa shape index (κ2) is 1020. The van der Waals surface area contributed by atoms with Crippen molar-refractivity contribution < 1.29 is 587 Å². The second-order valence-corrected chi connectivity index (χ2v) is 1.50. The molecule has 0 saturated heterocycles. The predicted molar refractivity (Wildman–Crippen MR) is 65.6 cm³/mol. The van der Waals surface area contributed by atoms with Crippen molar-refractivity contribution in [2.24, 2.45) is 0 Å². The fraction of sp³-hybridized carbons (Fsp3) is 0. The van der Waals surface area contributed by atoms with E-state index in [2.05, 4.69) is 0 Å². The minimum absolute atomic E-state index is 0. The van der Waals surface area contributed by atoms with Crippen LogP contribution in [-0.2, 0) is 384 Å². The number of hydrogen-bond acceptors (Lipinski definition) is 4. The van der Waals surface area contributed by atoms with Crippen molar-refractivity contribution in [1.82, 2.24) is 0 Å². The fourth-order valence-electron chi connectivity index (χ4n) is 0. The molecule has 0 aromatic heterocycles. The third-order valence-electron chi connectivity index (χ3n) is 0. The Kier molecular flexibility index (Phi) is 24500. The van der Waals surface area contributed by atoms with Crippen LogP contribution in [0.4, 0.5) is 0 Å². The Labute approximate surface area is 585 Å². The van der Waals surface area contributed by atoms with Crippen LogP contribution in [0.3, 0.4) is 0 Å². The van der Waals surface area contributed by atoms with Crippen molar-refractivity contribution in [1.29, 1.82) is 0 Å². The van der Waals surface area contributed by atoms with Crippen LogP contribution in [-0.4, -0.2) is 74.8 Å². The zero-order valence-electron chi connectivity index (χ0n) is 26.8. The standard InChI is InChI=1S/4Na.O4Si.12H2O.24O.12W/c;;;;1-5(2,3)4;;;;;;;;;;;;;;;;;;;;;;;;;;;;;;;;;;;;;;;;;;;;;;;;/h;;;;;12*1H2;;;;;;;;;;;;;;;;;;;;;;;;;;;;;;;;;;;;/q4*+1;-4;;;;;;;;;;;;;24*-2;;;;;;;;;;;;. The van der Waals surface area contributed by atoms with Gasteiger partial charge in [-0.15, -0.1) is 0 Å². The smallest absolute Gasteiger partial charge is 1.00 e. The molecule has 0 saturated carbocycles. The molecule has 0 heterocycles. The van der Waals surface area contributed by atoms with Crippen LogP contribution in [0.2, 0.25) is 0 Å². The molecule has 40 nitrogen and oxygen atoms in total. The van der Waals surface area contributed by atoms with Crippen LogP contribution < -0.4 is 137 Å². The van der Waals surface area contributed by atoms with E-state index >= 15 is 0 Å². The Morgan fingerprint density at radius 1 is 0.140 bits per heavy atom. The van der Waals surface area contributed by atoms with E-state index in [0.29, 0.717) is 0 Å². The largest absolute Gasteiger partial charge is 2.00 e. The minimum atomic E-state index is -5.61. The van der Waals surface area contributed by atoms with E-state index in [1.165, 1.54) is 0 Å². The van der Waals surface area contributed by atoms with Gasteiger partial charge in [0.1, 0.15) is 0 Å². The fourth-order valence-corrected chi connectivity index (χ4v) is 0. The summed E-state index contributed by atoms with van der Waals surface area (Å²) in [6, 6.07) is 0. The van der Waals surface area contributed by atoms with Gasteiger partial charge in [-0.3, -0.25) is 0 Å². The molecule has 57 heavy (non-hydrogen) atoms. The van der Waals surface area contributed by atoms with Gasteiger partial charge in [-0.2, -0.15) is 0 Å². The van der Waals surface area contributed by atoms with Crippen molar-refractivity contribution in [2.45, 2.75) is 0 Å². The van der Waals surface area contributed by atoms with E-state index in [9.17, 15) is 0 Å². The summed E-state index contributed by atoms with van der Waals surface area (Å²) in [5.74, 6) is 0. The molecular formula is H24Na4O40SiW12-48. The van der Waals surface area contributed by atoms with E-state index in [4.69, 9.17) is 19.2 Å². The Hall–Kier alpha value is 10.9. The molecule has 0 radical (unpaired) electrons. The van der Waals surface area contributed by atoms with Gasteiger partial charge in [0.15, 0.2) is 0 Å². The van der Waals surface area contributed by atoms with E-state index in [-0.39, 0.29) is 568 Å². The summed E-state index contributed by atoms with van der Waals surface area (Å²) in [7, 11) is -5.61. The maximum absolute atomic E-state index is 8.58. The molecule has 0 spiro atoms. The van der Waals surface area contributed by atoms with Crippen molar-refractivity contribution >= 4 is 9.05 Å². The average Bonchev–Trinajstić information content (AvgIpc) is 0.722. The normalized spacial score (nSPS) is 1.05. The molecule has 0 aromatic carbocycles. The summed E-state index contributed by atoms with van der Waals surface area (Å²) >= 11 is 0. The van der Waals surface area contributed by atoms with Gasteiger partial charge in [-0.1, -0.05) is 0 Å². The van der Waals surface area contributed by atoms with Crippen LogP contribution in [0, 0.1) is 0 Å². The van der Waals surface area contributed by atoms with Crippen LogP contribution in [0.15, 0.2) is 0 Å². The number of rotatable bonds is 0. The zero-order chi connectivity index (χ0) is 4.50. The van der Waals surface area contributed by atoms with Crippen LogP contribution in [0.5, 0.6) is 0 Å². The molecule has 0 aromatic rings. The van der Waals surface area contributed by atoms with Crippen molar-refractivity contribution in [2.75, 3.05) is 0 Å². The first kappa shape index (κ1) is 1370. The topological polar surface area (TPSA) is 1150 Å². The molecule has 0 fully saturated rings. The van der Waals surface area contributed by atoms with E-state index < -0.39 is 9.05 Å². The molecule has 0 aliphatic rings. The van der Waals surface area contributed by atoms with Gasteiger partial charge in [0.2, 0.25) is 0 Å². The molecular weight excluding hydrogens is 2970 g/mol. The quantitative estimate of drug-likeness (QED) is 0.213. The third-order valence-corrected chi connectivity index (χ3v) is 0. The Morgan fingerprint density at radius 3 is 0.140 bits per heavy atom. The van der Waals surface area contributed by atoms with Gasteiger partial charge >= 0.3 is 118 Å². The summed E-state index contributed by atoms with van der Waals surface area (Å²) < 4.78 is 0. The van der Waals surface area contributed by atoms with Gasteiger partial charge in [0.05, 0.1) is 0 Å². The Morgan fingerprint density at radius 2 is 0.140 bits per heavy atom. The Bertz CT molecular complexity index is 84.1. The summed E-state index contributed by atoms with van der Waals surface area (Å²) in [5.41, 5.74) is 0. The van der Waals surface area contributed by atoms with Crippen LogP contribution >= 0.6 is 0 Å². The minimum Gasteiger partial charge on any atom is -2.00 e. The summed E-state index contributed by atoms with van der Waals surface area (Å²) in [6.45, 7) is 0. The van der Waals surface area contributed by atoms with E-state index in [1.807, 2.05) is 0 Å². The first-order valence-electron chi connectivity index (χ1n) is 0.816. The van der Waals surface area contributed by atoms with E-state index in [0.717, 1.165) is 0 Å². The molecule has 392 valence electrons. The average molecular weight is 2990 g/mol. The second-order valence-electron chi connectivity index (χ2n) is 0.500. The molecule has 57 heteroatoms. The summed E-state index contributed by atoms with van der Waals surface area (Å²) in [6.07, 6.45) is 0. The first-order chi connectivity index (χ1) is 2.00. The summed E-state index contributed by atoms with van der Waals surface area (Å²) in [4.78, 5) is 34.3. The molecule has 0 amide bonds. The number of hydrogen-bond donors (Lipinski definition) is 0. The first-order valence-corrected chi connectivity index (χ1v) is 2.45. The predicted octanol–water partition coefficient (Wildman–Crippen LogP) is -29.9. The third kappa shape index (κ3) is 2380. The molecule has 0 rings (SSSR count). The molecule has 0 atom stereocenters. The maximum Gasteiger partial charge on any atom is 1.00 e. The van der Waals surface area contributed by atoms with Crippen LogP contribution in [0.25, 0.3) is 0 Å². The molecule has 0 aliphatic heterocycles. The zero-order valence-corrected chi connectivity index (χ0v) is 71.0. The van der Waals surface area contributed by atoms with Crippen molar-refractivity contribution in [3.63, 3.8) is 0 Å². The van der Waals surface area contributed by atoms with Gasteiger partial charge in [-0.05, 0) is 0 Å². The van der Waals surface area contributed by atoms with Gasteiger partial charge in [0, 0.05) is 253 Å². The van der Waals surface area contributed by atoms with Gasteiger partial charge in [-0.25, -0.2) is 0 Å². The van der Waals surface area contributed by atoms with E-state index in [1.54, 1.807) is 0 Å². The van der Waals surface area contributed by atoms with Gasteiger partial charge in [0.25, 0.3) is 0 Å². The maximum atomic E-state index is 8.58. The monoisotopic (exact) mass is 2990 g/mol. The van der Waals surface area contributed by atoms with Crippen LogP contribution in [0.1, 0.15) is 0 Å². The molecule has 0 bridgehead atoms. The van der Waals surface area contributed by atoms with Crippen molar-refractivity contribution in [3.05, 3.63) is 0 Å². The SMILES string of the molecule is O.O.O.O.O.O.O.O.O.O.O.O.[Na+].[Na+].[Na+].[Na+].[O-2].[O-2].[O-2].[O-2].[O-2].[O-2].[O-2].[O-2].[O-2].[O-2].[O-2].[O-2].[O-2].[O-2].[O-2].[O-2].[O-2].[O-2].[O-2].[O-2].[O-2].[O-2].[O-2].[O-2].[O-][Si]([O-])([O-])[O-].[W].[W].[W].[W].[W].[W].[W].[W].[W].[W].[W].[W]. The van der Waals surface area contributed by atoms with Gasteiger partial charge < -0.3 is 225 Å². The summed E-state index contributed by atoms with van der Waals surface area (Å²) in [5, 5.41) is 0. The molecule has 0 aliphatic carbocycles. The Balaban J connectivity index is -0.0000000000603. The molecule has 24 N–H and O–H groups in total.